The molecule has 1 heterocycles. The summed E-state index contributed by atoms with van der Waals surface area (Å²) >= 11 is 0. The average molecular weight is 232 g/mol. The van der Waals surface area contributed by atoms with Crippen LogP contribution in [0.25, 0.3) is 0 Å². The van der Waals surface area contributed by atoms with Gasteiger partial charge in [0.05, 0.1) is 0 Å². The number of para-hydroxylation sites is 1. The lowest BCUT2D eigenvalue weighted by molar-refractivity contribution is 0.495. The molecule has 0 radical (unpaired) electrons. The Labute approximate surface area is 105 Å². The first-order chi connectivity index (χ1) is 8.31. The minimum absolute atomic E-state index is 0.740. The molecule has 2 heteroatoms. The van der Waals surface area contributed by atoms with Crippen LogP contribution < -0.4 is 10.6 Å². The van der Waals surface area contributed by atoms with Crippen LogP contribution in [0.4, 0.5) is 5.69 Å². The van der Waals surface area contributed by atoms with Crippen LogP contribution >= 0.6 is 0 Å². The van der Waals surface area contributed by atoms with E-state index in [-0.39, 0.29) is 0 Å². The van der Waals surface area contributed by atoms with E-state index in [1.165, 1.54) is 43.6 Å². The highest BCUT2D eigenvalue weighted by Crippen LogP contribution is 2.27. The molecule has 2 rings (SSSR count). The third-order valence-corrected chi connectivity index (χ3v) is 3.64. The Morgan fingerprint density at radius 3 is 3.00 bits per heavy atom. The van der Waals surface area contributed by atoms with Crippen molar-refractivity contribution in [2.45, 2.75) is 32.6 Å². The Hall–Kier alpha value is -1.02. The maximum Gasteiger partial charge on any atom is 0.0398 e. The zero-order valence-corrected chi connectivity index (χ0v) is 10.9. The first-order valence-electron chi connectivity index (χ1n) is 6.84. The van der Waals surface area contributed by atoms with Crippen molar-refractivity contribution in [3.8, 4) is 0 Å². The summed E-state index contributed by atoms with van der Waals surface area (Å²) in [4.78, 5) is 2.56. The van der Waals surface area contributed by atoms with Gasteiger partial charge in [-0.15, -0.1) is 0 Å². The van der Waals surface area contributed by atoms with Gasteiger partial charge in [0.2, 0.25) is 0 Å². The van der Waals surface area contributed by atoms with Gasteiger partial charge in [-0.25, -0.2) is 0 Å². The van der Waals surface area contributed by atoms with Crippen molar-refractivity contribution in [1.29, 1.82) is 0 Å². The molecule has 1 aliphatic heterocycles. The summed E-state index contributed by atoms with van der Waals surface area (Å²) in [5.74, 6) is 0.740. The van der Waals surface area contributed by atoms with E-state index < -0.39 is 0 Å². The quantitative estimate of drug-likeness (QED) is 0.846. The van der Waals surface area contributed by atoms with Gasteiger partial charge in [-0.2, -0.15) is 0 Å². The maximum atomic E-state index is 5.57. The zero-order chi connectivity index (χ0) is 12.1. The van der Waals surface area contributed by atoms with Gasteiger partial charge in [0.1, 0.15) is 0 Å². The normalized spacial score (nSPS) is 16.7. The Morgan fingerprint density at radius 1 is 1.35 bits per heavy atom. The Bertz CT molecular complexity index is 349. The minimum atomic E-state index is 0.740. The number of fused-ring (bicyclic) bond motifs is 1. The lowest BCUT2D eigenvalue weighted by Gasteiger charge is -2.33. The van der Waals surface area contributed by atoms with E-state index in [1.54, 1.807) is 0 Å². The largest absolute Gasteiger partial charge is 0.371 e. The van der Waals surface area contributed by atoms with E-state index in [1.807, 2.05) is 0 Å². The van der Waals surface area contributed by atoms with Crippen LogP contribution in [-0.2, 0) is 6.42 Å². The number of anilines is 1. The van der Waals surface area contributed by atoms with Crippen LogP contribution in [0.2, 0.25) is 0 Å². The van der Waals surface area contributed by atoms with Crippen LogP contribution in [0, 0.1) is 5.92 Å². The van der Waals surface area contributed by atoms with Crippen LogP contribution in [0.1, 0.15) is 31.7 Å². The maximum absolute atomic E-state index is 5.57. The molecule has 0 bridgehead atoms. The summed E-state index contributed by atoms with van der Waals surface area (Å²) in [5, 5.41) is 0. The van der Waals surface area contributed by atoms with Gasteiger partial charge in [-0.05, 0) is 49.8 Å². The summed E-state index contributed by atoms with van der Waals surface area (Å²) in [7, 11) is 0. The molecule has 0 spiro atoms. The van der Waals surface area contributed by atoms with Gasteiger partial charge in [0.15, 0.2) is 0 Å². The average Bonchev–Trinajstić information content (AvgIpc) is 2.37. The summed E-state index contributed by atoms with van der Waals surface area (Å²) in [6, 6.07) is 8.85. The number of hydrogen-bond donors (Lipinski definition) is 1. The summed E-state index contributed by atoms with van der Waals surface area (Å²) < 4.78 is 0. The van der Waals surface area contributed by atoms with Gasteiger partial charge in [0, 0.05) is 18.8 Å². The highest BCUT2D eigenvalue weighted by molar-refractivity contribution is 5.55. The Kier molecular flexibility index (Phi) is 4.43. The van der Waals surface area contributed by atoms with Crippen molar-refractivity contribution in [3.05, 3.63) is 29.8 Å². The molecule has 0 saturated carbocycles. The number of rotatable bonds is 5. The van der Waals surface area contributed by atoms with Crippen molar-refractivity contribution < 1.29 is 0 Å². The fourth-order valence-electron chi connectivity index (χ4n) is 2.74. The van der Waals surface area contributed by atoms with Gasteiger partial charge >= 0.3 is 0 Å². The molecule has 0 aliphatic carbocycles. The predicted molar refractivity (Wildman–Crippen MR) is 74.4 cm³/mol. The monoisotopic (exact) mass is 232 g/mol. The fraction of sp³-hybridized carbons (Fsp3) is 0.600. The van der Waals surface area contributed by atoms with Crippen LogP contribution in [0.3, 0.4) is 0 Å². The summed E-state index contributed by atoms with van der Waals surface area (Å²) in [6.45, 7) is 5.55. The second-order valence-electron chi connectivity index (χ2n) is 5.21. The molecular weight excluding hydrogens is 208 g/mol. The summed E-state index contributed by atoms with van der Waals surface area (Å²) in [6.07, 6.45) is 4.93. The molecule has 1 aliphatic rings. The molecule has 0 amide bonds. The molecule has 0 aromatic heterocycles. The van der Waals surface area contributed by atoms with Crippen molar-refractivity contribution in [2.75, 3.05) is 24.5 Å². The number of benzene rings is 1. The predicted octanol–water partition coefficient (Wildman–Crippen LogP) is 2.81. The second-order valence-corrected chi connectivity index (χ2v) is 5.21. The van der Waals surface area contributed by atoms with E-state index in [0.717, 1.165) is 18.9 Å². The van der Waals surface area contributed by atoms with E-state index >= 15 is 0 Å². The molecule has 0 saturated heterocycles. The van der Waals surface area contributed by atoms with Gasteiger partial charge in [-0.1, -0.05) is 25.1 Å². The molecule has 1 aromatic rings. The molecule has 0 fully saturated rings. The minimum Gasteiger partial charge on any atom is -0.371 e. The van der Waals surface area contributed by atoms with E-state index in [4.69, 9.17) is 5.73 Å². The van der Waals surface area contributed by atoms with Gasteiger partial charge in [0.25, 0.3) is 0 Å². The van der Waals surface area contributed by atoms with Gasteiger partial charge in [-0.3, -0.25) is 0 Å². The lowest BCUT2D eigenvalue weighted by atomic mass is 9.99. The van der Waals surface area contributed by atoms with E-state index in [2.05, 4.69) is 36.1 Å². The molecule has 1 aromatic carbocycles. The molecule has 17 heavy (non-hydrogen) atoms. The van der Waals surface area contributed by atoms with Crippen molar-refractivity contribution >= 4 is 5.69 Å². The smallest absolute Gasteiger partial charge is 0.0398 e. The number of hydrogen-bond acceptors (Lipinski definition) is 2. The number of aryl methyl sites for hydroxylation is 1. The van der Waals surface area contributed by atoms with Crippen molar-refractivity contribution in [2.24, 2.45) is 11.7 Å². The van der Waals surface area contributed by atoms with Crippen LogP contribution in [0.15, 0.2) is 24.3 Å². The Balaban J connectivity index is 1.98. The SMILES string of the molecule is CC(CCCN)CN1CCCc2ccccc21. The van der Waals surface area contributed by atoms with Crippen molar-refractivity contribution in [1.82, 2.24) is 0 Å². The molecule has 94 valence electrons. The van der Waals surface area contributed by atoms with Gasteiger partial charge < -0.3 is 10.6 Å². The second kappa shape index (κ2) is 6.06. The highest BCUT2D eigenvalue weighted by Gasteiger charge is 2.17. The van der Waals surface area contributed by atoms with E-state index in [0.29, 0.717) is 0 Å². The molecule has 2 nitrogen and oxygen atoms in total. The highest BCUT2D eigenvalue weighted by atomic mass is 15.1. The fourth-order valence-corrected chi connectivity index (χ4v) is 2.74. The molecule has 2 N–H and O–H groups in total. The number of nitrogens with zero attached hydrogens (tertiary/aromatic N) is 1. The first-order valence-corrected chi connectivity index (χ1v) is 6.84. The molecular formula is C15H24N2. The standard InChI is InChI=1S/C15H24N2/c1-13(6-4-10-16)12-17-11-5-8-14-7-2-3-9-15(14)17/h2-3,7,9,13H,4-6,8,10-12,16H2,1H3. The Morgan fingerprint density at radius 2 is 2.18 bits per heavy atom. The summed E-state index contributed by atoms with van der Waals surface area (Å²) in [5.41, 5.74) is 8.55. The molecule has 1 atom stereocenters. The van der Waals surface area contributed by atoms with Crippen molar-refractivity contribution in [3.63, 3.8) is 0 Å². The van der Waals surface area contributed by atoms with Crippen LogP contribution in [-0.4, -0.2) is 19.6 Å². The topological polar surface area (TPSA) is 29.3 Å². The first kappa shape index (κ1) is 12.4. The molecule has 1 unspecified atom stereocenters. The van der Waals surface area contributed by atoms with E-state index in [9.17, 15) is 0 Å². The van der Waals surface area contributed by atoms with Crippen LogP contribution in [0.5, 0.6) is 0 Å². The third-order valence-electron chi connectivity index (χ3n) is 3.64. The third kappa shape index (κ3) is 3.22. The lowest BCUT2D eigenvalue weighted by Crippen LogP contribution is -2.33. The number of nitrogens with two attached hydrogens (primary N) is 1. The zero-order valence-electron chi connectivity index (χ0n) is 10.9.